The number of unbranched alkanes of at least 4 members (excludes halogenated alkanes) is 4. The van der Waals surface area contributed by atoms with Crippen LogP contribution in [0.4, 0.5) is 0 Å². The zero-order valence-corrected chi connectivity index (χ0v) is 40.2. The molecule has 0 amide bonds. The molecule has 0 N–H and O–H groups in total. The second-order valence-electron chi connectivity index (χ2n) is 15.2. The Hall–Kier alpha value is -4.97. The lowest BCUT2D eigenvalue weighted by molar-refractivity contribution is -0.166. The highest BCUT2D eigenvalue weighted by molar-refractivity contribution is 5.71. The van der Waals surface area contributed by atoms with Crippen molar-refractivity contribution in [2.45, 2.75) is 175 Å². The van der Waals surface area contributed by atoms with E-state index in [4.69, 9.17) is 14.2 Å². The van der Waals surface area contributed by atoms with Crippen LogP contribution in [0.25, 0.3) is 0 Å². The molecule has 0 radical (unpaired) electrons. The lowest BCUT2D eigenvalue weighted by Gasteiger charge is -2.18. The maximum Gasteiger partial charge on any atom is 0.306 e. The van der Waals surface area contributed by atoms with Gasteiger partial charge in [-0.05, 0) is 116 Å². The van der Waals surface area contributed by atoms with E-state index in [2.05, 4.69) is 154 Å². The van der Waals surface area contributed by atoms with Crippen molar-refractivity contribution in [2.24, 2.45) is 0 Å². The Balaban J connectivity index is 4.69. The molecule has 0 rings (SSSR count). The molecule has 1 unspecified atom stereocenters. The van der Waals surface area contributed by atoms with Gasteiger partial charge in [-0.25, -0.2) is 0 Å². The predicted octanol–water partition coefficient (Wildman–Crippen LogP) is 16.2. The zero-order chi connectivity index (χ0) is 46.5. The maximum absolute atomic E-state index is 12.7. The Bertz CT molecular complexity index is 1520. The third kappa shape index (κ3) is 48.1. The van der Waals surface area contributed by atoms with Gasteiger partial charge in [0.15, 0.2) is 6.10 Å². The fourth-order valence-electron chi connectivity index (χ4n) is 5.73. The first-order valence-corrected chi connectivity index (χ1v) is 24.5. The highest BCUT2D eigenvalue weighted by atomic mass is 16.6. The highest BCUT2D eigenvalue weighted by Gasteiger charge is 2.19. The van der Waals surface area contributed by atoms with Gasteiger partial charge in [-0.15, -0.1) is 0 Å². The minimum Gasteiger partial charge on any atom is -0.462 e. The summed E-state index contributed by atoms with van der Waals surface area (Å²) in [5.74, 6) is -1.16. The molecule has 6 heteroatoms. The number of carbonyl (C=O) groups excluding carboxylic acids is 3. The van der Waals surface area contributed by atoms with Crippen molar-refractivity contribution in [3.05, 3.63) is 158 Å². The summed E-state index contributed by atoms with van der Waals surface area (Å²) >= 11 is 0. The lowest BCUT2D eigenvalue weighted by atomic mass is 10.1. The van der Waals surface area contributed by atoms with Crippen LogP contribution in [0.1, 0.15) is 168 Å². The lowest BCUT2D eigenvalue weighted by Crippen LogP contribution is -2.30. The molecular formula is C58H86O6. The molecule has 0 bridgehead atoms. The molecule has 0 aliphatic heterocycles. The van der Waals surface area contributed by atoms with Gasteiger partial charge in [0.25, 0.3) is 0 Å². The molecule has 1 atom stereocenters. The molecule has 0 aromatic carbocycles. The molecule has 0 heterocycles. The van der Waals surface area contributed by atoms with Gasteiger partial charge in [-0.1, -0.05) is 192 Å². The average molecular weight is 879 g/mol. The number of hydrogen-bond acceptors (Lipinski definition) is 6. The van der Waals surface area contributed by atoms with Gasteiger partial charge in [-0.3, -0.25) is 14.4 Å². The molecule has 0 aromatic rings. The van der Waals surface area contributed by atoms with E-state index in [0.717, 1.165) is 116 Å². The van der Waals surface area contributed by atoms with Gasteiger partial charge >= 0.3 is 17.9 Å². The van der Waals surface area contributed by atoms with E-state index in [1.807, 2.05) is 24.3 Å². The van der Waals surface area contributed by atoms with Crippen LogP contribution in [0.3, 0.4) is 0 Å². The number of allylic oxidation sites excluding steroid dienone is 26. The first-order chi connectivity index (χ1) is 31.5. The second kappa shape index (κ2) is 50.7. The molecule has 0 saturated heterocycles. The van der Waals surface area contributed by atoms with Gasteiger partial charge in [0.2, 0.25) is 0 Å². The Morgan fingerprint density at radius 2 is 0.594 bits per heavy atom. The molecule has 0 saturated carbocycles. The molecule has 0 aromatic heterocycles. The molecule has 0 aliphatic carbocycles. The smallest absolute Gasteiger partial charge is 0.306 e. The standard InChI is InChI=1S/C58H86O6/c1-4-7-10-13-16-19-22-25-28-30-33-36-39-42-45-48-51-57(60)63-54-55(53-62-56(59)50-47-44-41-38-35-32-27-24-21-18-15-12-9-6-3)64-58(61)52-49-46-43-40-37-34-31-29-26-23-20-17-14-11-8-5-2/h7-12,16-21,25-29,32-34,36-37,42-43,45-46,55H,4-6,13-15,22-24,30-31,35,38-41,44,47-54H2,1-3H3/b10-7-,11-8-,12-9-,19-16-,20-17-,21-18-,28-25-,29-26-,32-27-,36-33-,37-34-,45-42-,46-43-. The number of rotatable bonds is 41. The van der Waals surface area contributed by atoms with E-state index in [0.29, 0.717) is 19.3 Å². The average Bonchev–Trinajstić information content (AvgIpc) is 3.29. The summed E-state index contributed by atoms with van der Waals surface area (Å²) in [6.07, 6.45) is 73.9. The Morgan fingerprint density at radius 3 is 0.953 bits per heavy atom. The van der Waals surface area contributed by atoms with E-state index in [1.165, 1.54) is 0 Å². The van der Waals surface area contributed by atoms with Crippen LogP contribution in [-0.4, -0.2) is 37.2 Å². The van der Waals surface area contributed by atoms with Crippen molar-refractivity contribution >= 4 is 17.9 Å². The van der Waals surface area contributed by atoms with Crippen LogP contribution >= 0.6 is 0 Å². The predicted molar refractivity (Wildman–Crippen MR) is 274 cm³/mol. The number of esters is 3. The van der Waals surface area contributed by atoms with Gasteiger partial charge in [0, 0.05) is 19.3 Å². The van der Waals surface area contributed by atoms with Gasteiger partial charge in [-0.2, -0.15) is 0 Å². The number of ether oxygens (including phenoxy) is 3. The van der Waals surface area contributed by atoms with Crippen LogP contribution in [0, 0.1) is 0 Å². The first kappa shape index (κ1) is 59.0. The van der Waals surface area contributed by atoms with E-state index in [1.54, 1.807) is 0 Å². The zero-order valence-electron chi connectivity index (χ0n) is 40.2. The van der Waals surface area contributed by atoms with Gasteiger partial charge in [0.05, 0.1) is 0 Å². The summed E-state index contributed by atoms with van der Waals surface area (Å²) in [6.45, 7) is 6.11. The van der Waals surface area contributed by atoms with E-state index in [9.17, 15) is 14.4 Å². The van der Waals surface area contributed by atoms with Crippen molar-refractivity contribution in [2.75, 3.05) is 13.2 Å². The van der Waals surface area contributed by atoms with Crippen LogP contribution < -0.4 is 0 Å². The maximum atomic E-state index is 12.7. The summed E-state index contributed by atoms with van der Waals surface area (Å²) in [4.78, 5) is 37.9. The van der Waals surface area contributed by atoms with E-state index >= 15 is 0 Å². The second-order valence-corrected chi connectivity index (χ2v) is 15.2. The fraction of sp³-hybridized carbons (Fsp3) is 0.500. The fourth-order valence-corrected chi connectivity index (χ4v) is 5.73. The van der Waals surface area contributed by atoms with Gasteiger partial charge < -0.3 is 14.2 Å². The van der Waals surface area contributed by atoms with E-state index < -0.39 is 18.0 Å². The molecular weight excluding hydrogens is 793 g/mol. The van der Waals surface area contributed by atoms with Gasteiger partial charge in [0.1, 0.15) is 13.2 Å². The molecule has 354 valence electrons. The van der Waals surface area contributed by atoms with Crippen LogP contribution in [-0.2, 0) is 28.6 Å². The summed E-state index contributed by atoms with van der Waals surface area (Å²) < 4.78 is 16.6. The Labute approximate surface area is 390 Å². The first-order valence-electron chi connectivity index (χ1n) is 24.5. The van der Waals surface area contributed by atoms with Crippen molar-refractivity contribution < 1.29 is 28.6 Å². The van der Waals surface area contributed by atoms with Crippen molar-refractivity contribution in [3.63, 3.8) is 0 Å². The van der Waals surface area contributed by atoms with Crippen molar-refractivity contribution in [1.82, 2.24) is 0 Å². The largest absolute Gasteiger partial charge is 0.462 e. The van der Waals surface area contributed by atoms with Crippen LogP contribution in [0.5, 0.6) is 0 Å². The van der Waals surface area contributed by atoms with Crippen LogP contribution in [0.15, 0.2) is 158 Å². The quantitative estimate of drug-likeness (QED) is 0.0263. The number of hydrogen-bond donors (Lipinski definition) is 0. The SMILES string of the molecule is CC/C=C\C/C=C\C/C=C\C/C=C\C/C=C\CCC(=O)OCC(COC(=O)CCCCCC/C=C\C/C=C\C/C=C\CC)OC(=O)CC/C=C\C/C=C\C/C=C\C/C=C\C/C=C\CC. The Morgan fingerprint density at radius 1 is 0.312 bits per heavy atom. The molecule has 0 aliphatic rings. The third-order valence-electron chi connectivity index (χ3n) is 9.29. The van der Waals surface area contributed by atoms with Crippen molar-refractivity contribution in [3.8, 4) is 0 Å². The monoisotopic (exact) mass is 879 g/mol. The Kier molecular flexibility index (Phi) is 46.7. The third-order valence-corrected chi connectivity index (χ3v) is 9.29. The van der Waals surface area contributed by atoms with Crippen LogP contribution in [0.2, 0.25) is 0 Å². The molecule has 0 spiro atoms. The summed E-state index contributed by atoms with van der Waals surface area (Å²) in [5.41, 5.74) is 0. The number of carbonyl (C=O) groups is 3. The molecule has 64 heavy (non-hydrogen) atoms. The van der Waals surface area contributed by atoms with Crippen molar-refractivity contribution in [1.29, 1.82) is 0 Å². The molecule has 0 fully saturated rings. The summed E-state index contributed by atoms with van der Waals surface area (Å²) in [5, 5.41) is 0. The minimum atomic E-state index is -0.864. The summed E-state index contributed by atoms with van der Waals surface area (Å²) in [6, 6.07) is 0. The minimum absolute atomic E-state index is 0.150. The molecule has 6 nitrogen and oxygen atoms in total. The normalized spacial score (nSPS) is 13.5. The highest BCUT2D eigenvalue weighted by Crippen LogP contribution is 2.09. The topological polar surface area (TPSA) is 78.9 Å². The van der Waals surface area contributed by atoms with E-state index in [-0.39, 0.29) is 32.0 Å². The summed E-state index contributed by atoms with van der Waals surface area (Å²) in [7, 11) is 0.